The van der Waals surface area contributed by atoms with Crippen molar-refractivity contribution in [2.45, 2.75) is 13.5 Å². The SMILES string of the molecule is COCc1nn2c(C)c(C(=O)Nc3ccccc3OC)cnc2c1-c1ccc(F)cc1. The summed E-state index contributed by atoms with van der Waals surface area (Å²) in [7, 11) is 3.12. The highest BCUT2D eigenvalue weighted by Crippen LogP contribution is 2.30. The van der Waals surface area contributed by atoms with Gasteiger partial charge in [-0.15, -0.1) is 0 Å². The summed E-state index contributed by atoms with van der Waals surface area (Å²) >= 11 is 0. The lowest BCUT2D eigenvalue weighted by molar-refractivity contribution is 0.102. The van der Waals surface area contributed by atoms with Crippen LogP contribution in [-0.2, 0) is 11.3 Å². The van der Waals surface area contributed by atoms with Gasteiger partial charge in [0.1, 0.15) is 11.6 Å². The van der Waals surface area contributed by atoms with E-state index in [0.717, 1.165) is 11.1 Å². The van der Waals surface area contributed by atoms with Crippen LogP contribution in [0, 0.1) is 12.7 Å². The molecule has 1 N–H and O–H groups in total. The molecule has 7 nitrogen and oxygen atoms in total. The molecule has 0 spiro atoms. The lowest BCUT2D eigenvalue weighted by Gasteiger charge is -2.11. The van der Waals surface area contributed by atoms with E-state index in [1.807, 2.05) is 12.1 Å². The minimum absolute atomic E-state index is 0.248. The van der Waals surface area contributed by atoms with E-state index >= 15 is 0 Å². The van der Waals surface area contributed by atoms with Gasteiger partial charge in [-0.2, -0.15) is 5.10 Å². The number of anilines is 1. The van der Waals surface area contributed by atoms with Gasteiger partial charge in [0.05, 0.1) is 41.9 Å². The molecule has 4 rings (SSSR count). The van der Waals surface area contributed by atoms with E-state index in [0.29, 0.717) is 34.0 Å². The molecule has 31 heavy (non-hydrogen) atoms. The van der Waals surface area contributed by atoms with Gasteiger partial charge in [0.15, 0.2) is 5.65 Å². The lowest BCUT2D eigenvalue weighted by atomic mass is 10.1. The van der Waals surface area contributed by atoms with E-state index in [9.17, 15) is 9.18 Å². The van der Waals surface area contributed by atoms with Crippen LogP contribution in [0.3, 0.4) is 0 Å². The summed E-state index contributed by atoms with van der Waals surface area (Å²) in [5.41, 5.74) is 4.25. The van der Waals surface area contributed by atoms with Crippen LogP contribution in [0.1, 0.15) is 21.7 Å². The van der Waals surface area contributed by atoms with Crippen LogP contribution in [-0.4, -0.2) is 34.7 Å². The molecule has 0 bridgehead atoms. The summed E-state index contributed by atoms with van der Waals surface area (Å²) in [6, 6.07) is 13.3. The highest BCUT2D eigenvalue weighted by Gasteiger charge is 2.21. The fourth-order valence-corrected chi connectivity index (χ4v) is 3.45. The van der Waals surface area contributed by atoms with Crippen molar-refractivity contribution in [3.8, 4) is 16.9 Å². The third-order valence-electron chi connectivity index (χ3n) is 4.97. The molecular formula is C23H21FN4O3. The van der Waals surface area contributed by atoms with Gasteiger partial charge < -0.3 is 14.8 Å². The molecule has 8 heteroatoms. The van der Waals surface area contributed by atoms with Crippen LogP contribution in [0.4, 0.5) is 10.1 Å². The molecule has 1 amide bonds. The number of hydrogen-bond donors (Lipinski definition) is 1. The van der Waals surface area contributed by atoms with E-state index in [1.54, 1.807) is 49.9 Å². The van der Waals surface area contributed by atoms with Gasteiger partial charge in [-0.25, -0.2) is 13.9 Å². The second kappa shape index (κ2) is 8.53. The van der Waals surface area contributed by atoms with Crippen LogP contribution >= 0.6 is 0 Å². The van der Waals surface area contributed by atoms with Crippen molar-refractivity contribution >= 4 is 17.2 Å². The number of aryl methyl sites for hydroxylation is 1. The summed E-state index contributed by atoms with van der Waals surface area (Å²) in [4.78, 5) is 17.5. The van der Waals surface area contributed by atoms with Gasteiger partial charge >= 0.3 is 0 Å². The summed E-state index contributed by atoms with van der Waals surface area (Å²) < 4.78 is 25.6. The molecule has 0 fully saturated rings. The van der Waals surface area contributed by atoms with E-state index < -0.39 is 0 Å². The highest BCUT2D eigenvalue weighted by molar-refractivity contribution is 6.05. The number of ether oxygens (including phenoxy) is 2. The van der Waals surface area contributed by atoms with E-state index in [2.05, 4.69) is 15.4 Å². The fraction of sp³-hybridized carbons (Fsp3) is 0.174. The maximum absolute atomic E-state index is 13.4. The normalized spacial score (nSPS) is 11.0. The number of carbonyl (C=O) groups excluding carboxylic acids is 1. The first-order valence-corrected chi connectivity index (χ1v) is 9.60. The molecule has 0 aliphatic rings. The smallest absolute Gasteiger partial charge is 0.259 e. The minimum atomic E-state index is -0.330. The van der Waals surface area contributed by atoms with Crippen molar-refractivity contribution in [1.82, 2.24) is 14.6 Å². The molecule has 0 atom stereocenters. The topological polar surface area (TPSA) is 77.8 Å². The zero-order valence-electron chi connectivity index (χ0n) is 17.3. The molecule has 0 saturated heterocycles. The van der Waals surface area contributed by atoms with Crippen LogP contribution in [0.2, 0.25) is 0 Å². The Hall–Kier alpha value is -3.78. The summed E-state index contributed by atoms with van der Waals surface area (Å²) in [5, 5.41) is 7.47. The highest BCUT2D eigenvalue weighted by atomic mass is 19.1. The number of carbonyl (C=O) groups is 1. The number of rotatable bonds is 6. The van der Waals surface area contributed by atoms with Crippen molar-refractivity contribution < 1.29 is 18.7 Å². The van der Waals surface area contributed by atoms with E-state index in [1.165, 1.54) is 18.3 Å². The number of nitrogens with zero attached hydrogens (tertiary/aromatic N) is 3. The summed E-state index contributed by atoms with van der Waals surface area (Å²) in [6.45, 7) is 2.04. The quantitative estimate of drug-likeness (QED) is 0.505. The molecule has 0 aliphatic heterocycles. The number of methoxy groups -OCH3 is 2. The van der Waals surface area contributed by atoms with Crippen LogP contribution < -0.4 is 10.1 Å². The first-order valence-electron chi connectivity index (χ1n) is 9.60. The standard InChI is InChI=1S/C23H21FN4O3/c1-14-17(23(29)26-18-6-4-5-7-20(18)31-3)12-25-22-21(15-8-10-16(24)11-9-15)19(13-30-2)27-28(14)22/h4-12H,13H2,1-3H3,(H,26,29). The average Bonchev–Trinajstić information content (AvgIpc) is 3.14. The predicted molar refractivity (Wildman–Crippen MR) is 115 cm³/mol. The van der Waals surface area contributed by atoms with Crippen LogP contribution in [0.5, 0.6) is 5.75 Å². The average molecular weight is 420 g/mol. The molecule has 2 aromatic heterocycles. The Morgan fingerprint density at radius 1 is 1.13 bits per heavy atom. The Morgan fingerprint density at radius 2 is 1.87 bits per heavy atom. The van der Waals surface area contributed by atoms with Crippen molar-refractivity contribution in [1.29, 1.82) is 0 Å². The number of hydrogen-bond acceptors (Lipinski definition) is 5. The Kier molecular flexibility index (Phi) is 5.64. The van der Waals surface area contributed by atoms with E-state index in [-0.39, 0.29) is 18.3 Å². The Morgan fingerprint density at radius 3 is 2.58 bits per heavy atom. The molecule has 4 aromatic rings. The molecule has 0 radical (unpaired) electrons. The van der Waals surface area contributed by atoms with Gasteiger partial charge in [0, 0.05) is 13.3 Å². The molecule has 0 saturated carbocycles. The van der Waals surface area contributed by atoms with Gasteiger partial charge in [0.25, 0.3) is 5.91 Å². The maximum Gasteiger partial charge on any atom is 0.259 e. The van der Waals surface area contributed by atoms with Crippen molar-refractivity contribution in [2.75, 3.05) is 19.5 Å². The van der Waals surface area contributed by atoms with Gasteiger partial charge in [0.2, 0.25) is 0 Å². The van der Waals surface area contributed by atoms with Crippen LogP contribution in [0.15, 0.2) is 54.7 Å². The molecule has 158 valence electrons. The first kappa shape index (κ1) is 20.5. The number of nitrogens with one attached hydrogen (secondary N) is 1. The monoisotopic (exact) mass is 420 g/mol. The third-order valence-corrected chi connectivity index (χ3v) is 4.97. The molecular weight excluding hydrogens is 399 g/mol. The molecule has 2 aromatic carbocycles. The maximum atomic E-state index is 13.4. The number of halogens is 1. The first-order chi connectivity index (χ1) is 15.0. The Labute approximate surface area is 178 Å². The fourth-order valence-electron chi connectivity index (χ4n) is 3.45. The largest absolute Gasteiger partial charge is 0.495 e. The van der Waals surface area contributed by atoms with Gasteiger partial charge in [-0.05, 0) is 36.8 Å². The second-order valence-electron chi connectivity index (χ2n) is 6.91. The molecule has 0 aliphatic carbocycles. The summed E-state index contributed by atoms with van der Waals surface area (Å²) in [6.07, 6.45) is 1.51. The number of amides is 1. The number of fused-ring (bicyclic) bond motifs is 1. The third kappa shape index (κ3) is 3.85. The van der Waals surface area contributed by atoms with Crippen molar-refractivity contribution in [2.24, 2.45) is 0 Å². The molecule has 0 unspecified atom stereocenters. The number of para-hydroxylation sites is 2. The zero-order chi connectivity index (χ0) is 22.0. The number of benzene rings is 2. The van der Waals surface area contributed by atoms with Crippen molar-refractivity contribution in [3.05, 3.63) is 77.5 Å². The lowest BCUT2D eigenvalue weighted by Crippen LogP contribution is -2.16. The predicted octanol–water partition coefficient (Wildman–Crippen LogP) is 4.25. The summed E-state index contributed by atoms with van der Waals surface area (Å²) in [5.74, 6) is -0.0981. The number of aromatic nitrogens is 3. The molecule has 2 heterocycles. The van der Waals surface area contributed by atoms with E-state index in [4.69, 9.17) is 9.47 Å². The Bertz CT molecular complexity index is 1250. The zero-order valence-corrected chi connectivity index (χ0v) is 17.3. The van der Waals surface area contributed by atoms with Gasteiger partial charge in [-0.1, -0.05) is 24.3 Å². The van der Waals surface area contributed by atoms with Crippen LogP contribution in [0.25, 0.3) is 16.8 Å². The van der Waals surface area contributed by atoms with Crippen molar-refractivity contribution in [3.63, 3.8) is 0 Å². The van der Waals surface area contributed by atoms with Gasteiger partial charge in [-0.3, -0.25) is 4.79 Å². The second-order valence-corrected chi connectivity index (χ2v) is 6.91. The Balaban J connectivity index is 1.78. The minimum Gasteiger partial charge on any atom is -0.495 e.